The van der Waals surface area contributed by atoms with E-state index in [-0.39, 0.29) is 17.4 Å². The topological polar surface area (TPSA) is 32.3 Å². The highest BCUT2D eigenvalue weighted by Gasteiger charge is 2.24. The first kappa shape index (κ1) is 15.4. The van der Waals surface area contributed by atoms with Gasteiger partial charge in [-0.3, -0.25) is 0 Å². The molecule has 102 valence electrons. The predicted molar refractivity (Wildman–Crippen MR) is 70.8 cm³/mol. The Labute approximate surface area is 111 Å². The fourth-order valence-corrected chi connectivity index (χ4v) is 2.94. The van der Waals surface area contributed by atoms with Crippen molar-refractivity contribution >= 4 is 11.8 Å². The monoisotopic (exact) mass is 275 g/mol. The number of benzene rings is 1. The van der Waals surface area contributed by atoms with Crippen LogP contribution in [0.5, 0.6) is 0 Å². The minimum absolute atomic E-state index is 0.0339. The molecule has 0 fully saturated rings. The Morgan fingerprint density at radius 1 is 1.39 bits per heavy atom. The van der Waals surface area contributed by atoms with E-state index in [2.05, 4.69) is 5.32 Å². The first-order valence-corrected chi connectivity index (χ1v) is 6.69. The van der Waals surface area contributed by atoms with Gasteiger partial charge in [0.1, 0.15) is 0 Å². The molecule has 2 unspecified atom stereocenters. The molecule has 0 aliphatic rings. The van der Waals surface area contributed by atoms with E-state index in [1.807, 2.05) is 13.8 Å². The van der Waals surface area contributed by atoms with Crippen molar-refractivity contribution in [3.05, 3.63) is 29.8 Å². The van der Waals surface area contributed by atoms with Crippen LogP contribution in [-0.4, -0.2) is 29.5 Å². The molecule has 2 atom stereocenters. The number of likely N-dealkylation sites (N-methyl/N-ethyl adjacent to an activating group) is 1. The molecule has 0 bridgehead atoms. The zero-order valence-electron chi connectivity index (χ0n) is 10.8. The van der Waals surface area contributed by atoms with Gasteiger partial charge in [0, 0.05) is 15.7 Å². The molecule has 0 radical (unpaired) electrons. The van der Waals surface area contributed by atoms with Gasteiger partial charge in [0.25, 0.3) is 0 Å². The molecule has 1 rings (SSSR count). The summed E-state index contributed by atoms with van der Waals surface area (Å²) in [4.78, 5) is 0.692. The van der Waals surface area contributed by atoms with Gasteiger partial charge in [-0.05, 0) is 38.6 Å². The lowest BCUT2D eigenvalue weighted by Gasteiger charge is -2.29. The van der Waals surface area contributed by atoms with Crippen LogP contribution in [0, 0.1) is 11.6 Å². The zero-order chi connectivity index (χ0) is 13.8. The van der Waals surface area contributed by atoms with E-state index < -0.39 is 11.6 Å². The third-order valence-corrected chi connectivity index (χ3v) is 4.01. The van der Waals surface area contributed by atoms with Crippen molar-refractivity contribution in [1.29, 1.82) is 0 Å². The van der Waals surface area contributed by atoms with Gasteiger partial charge in [-0.25, -0.2) is 8.78 Å². The maximum absolute atomic E-state index is 13.1. The van der Waals surface area contributed by atoms with Gasteiger partial charge in [-0.1, -0.05) is 6.92 Å². The van der Waals surface area contributed by atoms with E-state index in [4.69, 9.17) is 0 Å². The van der Waals surface area contributed by atoms with E-state index in [1.165, 1.54) is 17.8 Å². The number of rotatable bonds is 6. The maximum Gasteiger partial charge on any atom is 0.159 e. The quantitative estimate of drug-likeness (QED) is 0.783. The lowest BCUT2D eigenvalue weighted by atomic mass is 9.97. The number of hydrogen-bond donors (Lipinski definition) is 2. The average molecular weight is 275 g/mol. The molecule has 5 heteroatoms. The summed E-state index contributed by atoms with van der Waals surface area (Å²) in [7, 11) is 1.80. The standard InChI is InChI=1S/C13H19F2NOS/c1-9(7-13(2,8-17)16-3)18-10-4-5-11(14)12(15)6-10/h4-6,9,16-17H,7-8H2,1-3H3. The highest BCUT2D eigenvalue weighted by atomic mass is 32.2. The van der Waals surface area contributed by atoms with Gasteiger partial charge >= 0.3 is 0 Å². The van der Waals surface area contributed by atoms with Crippen molar-refractivity contribution in [3.63, 3.8) is 0 Å². The predicted octanol–water partition coefficient (Wildman–Crippen LogP) is 2.81. The fourth-order valence-electron chi connectivity index (χ4n) is 1.70. The summed E-state index contributed by atoms with van der Waals surface area (Å²) in [5.74, 6) is -1.66. The highest BCUT2D eigenvalue weighted by molar-refractivity contribution is 7.99. The van der Waals surface area contributed by atoms with Crippen LogP contribution in [-0.2, 0) is 0 Å². The minimum atomic E-state index is -0.831. The molecule has 2 nitrogen and oxygen atoms in total. The lowest BCUT2D eigenvalue weighted by molar-refractivity contribution is 0.174. The average Bonchev–Trinajstić information content (AvgIpc) is 2.33. The second kappa shape index (κ2) is 6.50. The Hall–Kier alpha value is -0.650. The van der Waals surface area contributed by atoms with Gasteiger partial charge in [-0.15, -0.1) is 11.8 Å². The van der Waals surface area contributed by atoms with E-state index >= 15 is 0 Å². The summed E-state index contributed by atoms with van der Waals surface area (Å²) in [6, 6.07) is 3.90. The van der Waals surface area contributed by atoms with Crippen molar-refractivity contribution in [1.82, 2.24) is 5.32 Å². The van der Waals surface area contributed by atoms with Crippen LogP contribution in [0.2, 0.25) is 0 Å². The number of nitrogens with one attached hydrogen (secondary N) is 1. The molecule has 0 aliphatic heterocycles. The number of aliphatic hydroxyl groups excluding tert-OH is 1. The highest BCUT2D eigenvalue weighted by Crippen LogP contribution is 2.29. The molecule has 1 aromatic rings. The minimum Gasteiger partial charge on any atom is -0.394 e. The normalized spacial score (nSPS) is 16.3. The molecule has 0 saturated carbocycles. The van der Waals surface area contributed by atoms with Crippen LogP contribution >= 0.6 is 11.8 Å². The molecular weight excluding hydrogens is 256 g/mol. The van der Waals surface area contributed by atoms with Crippen LogP contribution in [0.1, 0.15) is 20.3 Å². The summed E-state index contributed by atoms with van der Waals surface area (Å²) in [5.41, 5.74) is -0.356. The Morgan fingerprint density at radius 3 is 2.56 bits per heavy atom. The van der Waals surface area contributed by atoms with Crippen LogP contribution < -0.4 is 5.32 Å². The van der Waals surface area contributed by atoms with E-state index in [0.717, 1.165) is 12.5 Å². The second-order valence-corrected chi connectivity index (χ2v) is 6.19. The number of hydrogen-bond acceptors (Lipinski definition) is 3. The molecule has 2 N–H and O–H groups in total. The fraction of sp³-hybridized carbons (Fsp3) is 0.538. The van der Waals surface area contributed by atoms with Crippen LogP contribution in [0.25, 0.3) is 0 Å². The molecule has 0 heterocycles. The molecular formula is C13H19F2NOS. The molecule has 0 aromatic heterocycles. The number of thioether (sulfide) groups is 1. The molecule has 18 heavy (non-hydrogen) atoms. The summed E-state index contributed by atoms with van der Waals surface area (Å²) in [6.07, 6.45) is 0.726. The van der Waals surface area contributed by atoms with E-state index in [9.17, 15) is 13.9 Å². The van der Waals surface area contributed by atoms with Gasteiger partial charge in [0.05, 0.1) is 6.61 Å². The van der Waals surface area contributed by atoms with Crippen molar-refractivity contribution in [2.75, 3.05) is 13.7 Å². The number of aliphatic hydroxyl groups is 1. The Bertz CT molecular complexity index is 397. The third kappa shape index (κ3) is 4.23. The van der Waals surface area contributed by atoms with Gasteiger partial charge in [0.2, 0.25) is 0 Å². The smallest absolute Gasteiger partial charge is 0.159 e. The molecule has 0 spiro atoms. The second-order valence-electron chi connectivity index (χ2n) is 4.68. The Balaban J connectivity index is 2.64. The summed E-state index contributed by atoms with van der Waals surface area (Å²) in [6.45, 7) is 3.96. The summed E-state index contributed by atoms with van der Waals surface area (Å²) in [5, 5.41) is 12.5. The Kier molecular flexibility index (Phi) is 5.56. The van der Waals surface area contributed by atoms with E-state index in [0.29, 0.717) is 4.90 Å². The summed E-state index contributed by atoms with van der Waals surface area (Å²) >= 11 is 1.47. The van der Waals surface area contributed by atoms with Crippen LogP contribution in [0.3, 0.4) is 0 Å². The van der Waals surface area contributed by atoms with Crippen LogP contribution in [0.15, 0.2) is 23.1 Å². The lowest BCUT2D eigenvalue weighted by Crippen LogP contribution is -2.45. The number of halogens is 2. The third-order valence-electron chi connectivity index (χ3n) is 2.92. The Morgan fingerprint density at radius 2 is 2.06 bits per heavy atom. The SMILES string of the molecule is CNC(C)(CO)CC(C)Sc1ccc(F)c(F)c1. The van der Waals surface area contributed by atoms with Crippen molar-refractivity contribution in [2.24, 2.45) is 0 Å². The van der Waals surface area contributed by atoms with E-state index in [1.54, 1.807) is 13.1 Å². The van der Waals surface area contributed by atoms with Crippen molar-refractivity contribution in [2.45, 2.75) is 36.0 Å². The first-order valence-electron chi connectivity index (χ1n) is 5.81. The van der Waals surface area contributed by atoms with Crippen LogP contribution in [0.4, 0.5) is 8.78 Å². The summed E-state index contributed by atoms with van der Waals surface area (Å²) < 4.78 is 25.8. The molecule has 0 amide bonds. The van der Waals surface area contributed by atoms with Gasteiger partial charge in [-0.2, -0.15) is 0 Å². The molecule has 1 aromatic carbocycles. The van der Waals surface area contributed by atoms with Gasteiger partial charge in [0.15, 0.2) is 11.6 Å². The maximum atomic E-state index is 13.1. The zero-order valence-corrected chi connectivity index (χ0v) is 11.7. The van der Waals surface area contributed by atoms with Crippen molar-refractivity contribution < 1.29 is 13.9 Å². The van der Waals surface area contributed by atoms with Gasteiger partial charge < -0.3 is 10.4 Å². The first-order chi connectivity index (χ1) is 8.40. The molecule has 0 aliphatic carbocycles. The molecule has 0 saturated heterocycles. The largest absolute Gasteiger partial charge is 0.394 e. The van der Waals surface area contributed by atoms with Crippen molar-refractivity contribution in [3.8, 4) is 0 Å².